The van der Waals surface area contributed by atoms with E-state index < -0.39 is 36.3 Å². The van der Waals surface area contributed by atoms with Crippen molar-refractivity contribution in [2.45, 2.75) is 0 Å². The smallest absolute Gasteiger partial charge is 0.136 e. The van der Waals surface area contributed by atoms with Gasteiger partial charge in [0.2, 0.25) is 0 Å². The molecule has 0 amide bonds. The molecule has 0 bridgehead atoms. The fourth-order valence-electron chi connectivity index (χ4n) is 7.10. The van der Waals surface area contributed by atoms with E-state index in [0.717, 1.165) is 44.7 Å². The highest BCUT2D eigenvalue weighted by Gasteiger charge is 2.18. The van der Waals surface area contributed by atoms with E-state index in [4.69, 9.17) is 12.6 Å². The summed E-state index contributed by atoms with van der Waals surface area (Å²) in [5.41, 5.74) is 7.04. The Hall–Kier alpha value is -6.90. The van der Waals surface area contributed by atoms with E-state index in [9.17, 15) is 4.11 Å². The number of fused-ring (bicyclic) bond motifs is 6. The van der Waals surface area contributed by atoms with Gasteiger partial charge in [-0.05, 0) is 97.8 Å². The van der Waals surface area contributed by atoms with Crippen LogP contribution in [-0.4, -0.2) is 0 Å². The lowest BCUT2D eigenvalue weighted by molar-refractivity contribution is 0.669. The van der Waals surface area contributed by atoms with E-state index in [0.29, 0.717) is 5.56 Å². The first kappa shape index (κ1) is 22.0. The Balaban J connectivity index is 1.14. The molecule has 0 atom stereocenters. The van der Waals surface area contributed by atoms with E-state index in [1.807, 2.05) is 54.6 Å². The van der Waals surface area contributed by atoms with E-state index >= 15 is 0 Å². The van der Waals surface area contributed by atoms with Crippen LogP contribution in [0.3, 0.4) is 0 Å². The van der Waals surface area contributed by atoms with Crippen molar-refractivity contribution in [3.8, 4) is 33.4 Å². The molecule has 1 heterocycles. The van der Waals surface area contributed by atoms with Crippen molar-refractivity contribution in [2.24, 2.45) is 0 Å². The van der Waals surface area contributed by atoms with E-state index in [1.54, 1.807) is 12.1 Å². The van der Waals surface area contributed by atoms with Crippen molar-refractivity contribution < 1.29 is 16.8 Å². The summed E-state index contributed by atoms with van der Waals surface area (Å²) in [6, 6.07) is 45.2. The van der Waals surface area contributed by atoms with Crippen molar-refractivity contribution in [3.63, 3.8) is 0 Å². The number of hydrogen-bond acceptors (Lipinski definition) is 2. The molecule has 244 valence electrons. The molecule has 2 nitrogen and oxygen atoms in total. The van der Waals surface area contributed by atoms with Crippen LogP contribution in [0.15, 0.2) is 204 Å². The van der Waals surface area contributed by atoms with Crippen molar-refractivity contribution in [1.29, 1.82) is 0 Å². The Labute approximate surface area is 315 Å². The van der Waals surface area contributed by atoms with Crippen LogP contribution in [0.1, 0.15) is 12.3 Å². The number of hydrogen-bond donors (Lipinski definition) is 0. The van der Waals surface area contributed by atoms with Gasteiger partial charge in [0, 0.05) is 27.7 Å². The Morgan fingerprint density at radius 2 is 1.08 bits per heavy atom. The van der Waals surface area contributed by atoms with Gasteiger partial charge in [-0.15, -0.1) is 0 Å². The molecule has 52 heavy (non-hydrogen) atoms. The van der Waals surface area contributed by atoms with Crippen LogP contribution in [0.25, 0.3) is 76.9 Å². The van der Waals surface area contributed by atoms with Crippen LogP contribution in [0.2, 0.25) is 0 Å². The predicted molar refractivity (Wildman–Crippen MR) is 220 cm³/mol. The van der Waals surface area contributed by atoms with Crippen LogP contribution in [0.4, 0.5) is 17.1 Å². The average molecular weight is 673 g/mol. The number of anilines is 3. The van der Waals surface area contributed by atoms with Gasteiger partial charge in [0.05, 0.1) is 18.0 Å². The maximum absolute atomic E-state index is 9.43. The normalized spacial score (nSPS) is 13.9. The van der Waals surface area contributed by atoms with Crippen molar-refractivity contribution >= 4 is 60.5 Å². The second-order valence-electron chi connectivity index (χ2n) is 12.6. The standard InChI is InChI=1S/C50H33NO/c1-2-11-36(12-3-1)44-16-6-8-19-47(44)51(41-29-23-37(24-30-41)43-18-10-14-35-13-4-5-15-42(35)43)40-27-21-34(22-28-40)38-25-31-45-39(33-38)26-32-49-50(45)46-17-7-9-20-48(46)52-49/h1-33H/i7D,9D,17D,20D,25D,26D,31D,32D,33D. The third-order valence-electron chi connectivity index (χ3n) is 9.57. The zero-order valence-corrected chi connectivity index (χ0v) is 27.7. The highest BCUT2D eigenvalue weighted by atomic mass is 16.3. The van der Waals surface area contributed by atoms with Crippen molar-refractivity contribution in [1.82, 2.24) is 0 Å². The number of furan rings is 1. The molecule has 2 heteroatoms. The topological polar surface area (TPSA) is 16.4 Å². The molecule has 0 N–H and O–H groups in total. The fourth-order valence-corrected chi connectivity index (χ4v) is 7.10. The molecule has 0 aliphatic carbocycles. The predicted octanol–water partition coefficient (Wildman–Crippen LogP) is 14.4. The van der Waals surface area contributed by atoms with Crippen LogP contribution in [0.5, 0.6) is 0 Å². The van der Waals surface area contributed by atoms with Crippen LogP contribution in [-0.2, 0) is 0 Å². The van der Waals surface area contributed by atoms with Gasteiger partial charge in [-0.1, -0.05) is 152 Å². The highest BCUT2D eigenvalue weighted by Crippen LogP contribution is 2.43. The SMILES string of the molecule is [2H]c1c([2H])c([2H])c2c(oc3c([2H])c([2H])c4c([2H])c(-c5ccc(N(c6ccc(-c7cccc8ccccc78)cc6)c6ccccc6-c6ccccc6)cc5)c([2H])c([2H])c4c32)c1[2H]. The Morgan fingerprint density at radius 3 is 1.92 bits per heavy atom. The number of rotatable bonds is 6. The summed E-state index contributed by atoms with van der Waals surface area (Å²) in [5.74, 6) is 0. The van der Waals surface area contributed by atoms with Gasteiger partial charge in [0.1, 0.15) is 11.2 Å². The lowest BCUT2D eigenvalue weighted by Crippen LogP contribution is -2.11. The van der Waals surface area contributed by atoms with Gasteiger partial charge in [-0.3, -0.25) is 0 Å². The molecule has 0 unspecified atom stereocenters. The van der Waals surface area contributed by atoms with Crippen LogP contribution >= 0.6 is 0 Å². The Kier molecular flexibility index (Phi) is 5.28. The third-order valence-corrected chi connectivity index (χ3v) is 9.57. The Morgan fingerprint density at radius 1 is 0.404 bits per heavy atom. The lowest BCUT2D eigenvalue weighted by Gasteiger charge is -2.28. The molecule has 0 aliphatic rings. The second-order valence-corrected chi connectivity index (χ2v) is 12.6. The maximum Gasteiger partial charge on any atom is 0.136 e. The molecule has 0 saturated heterocycles. The molecular weight excluding hydrogens is 631 g/mol. The summed E-state index contributed by atoms with van der Waals surface area (Å²) < 4.78 is 85.2. The van der Waals surface area contributed by atoms with Crippen molar-refractivity contribution in [2.75, 3.05) is 4.90 Å². The van der Waals surface area contributed by atoms with Crippen LogP contribution in [0, 0.1) is 0 Å². The second kappa shape index (κ2) is 12.5. The molecule has 0 radical (unpaired) electrons. The third kappa shape index (κ3) is 5.12. The fraction of sp³-hybridized carbons (Fsp3) is 0. The van der Waals surface area contributed by atoms with E-state index in [1.165, 1.54) is 5.39 Å². The van der Waals surface area contributed by atoms with Gasteiger partial charge in [-0.2, -0.15) is 0 Å². The molecule has 1 aromatic heterocycles. The van der Waals surface area contributed by atoms with Crippen molar-refractivity contribution in [3.05, 3.63) is 200 Å². The van der Waals surface area contributed by atoms with Gasteiger partial charge in [0.25, 0.3) is 0 Å². The van der Waals surface area contributed by atoms with Gasteiger partial charge in [-0.25, -0.2) is 0 Å². The van der Waals surface area contributed by atoms with Gasteiger partial charge in [0.15, 0.2) is 0 Å². The summed E-state index contributed by atoms with van der Waals surface area (Å²) in [5, 5.41) is 2.19. The summed E-state index contributed by atoms with van der Waals surface area (Å²) in [6.07, 6.45) is 0. The largest absolute Gasteiger partial charge is 0.456 e. The first-order valence-corrected chi connectivity index (χ1v) is 17.0. The minimum atomic E-state index is -0.517. The monoisotopic (exact) mass is 672 g/mol. The molecular formula is C50H33NO. The van der Waals surface area contributed by atoms with Gasteiger partial charge < -0.3 is 9.32 Å². The quantitative estimate of drug-likeness (QED) is 0.175. The summed E-state index contributed by atoms with van der Waals surface area (Å²) in [4.78, 5) is 2.16. The minimum absolute atomic E-state index is 0.0195. The minimum Gasteiger partial charge on any atom is -0.456 e. The maximum atomic E-state index is 9.43. The molecule has 10 aromatic rings. The zero-order valence-electron chi connectivity index (χ0n) is 36.7. The lowest BCUT2D eigenvalue weighted by atomic mass is 9.97. The number of para-hydroxylation sites is 2. The highest BCUT2D eigenvalue weighted by molar-refractivity contribution is 6.19. The Bertz CT molecular complexity index is 3400. The number of nitrogens with zero attached hydrogens (tertiary/aromatic N) is 1. The van der Waals surface area contributed by atoms with E-state index in [-0.39, 0.29) is 56.4 Å². The van der Waals surface area contributed by atoms with Crippen LogP contribution < -0.4 is 4.90 Å². The average Bonchev–Trinajstić information content (AvgIpc) is 3.70. The number of benzene rings is 9. The molecule has 0 spiro atoms. The van der Waals surface area contributed by atoms with Gasteiger partial charge >= 0.3 is 0 Å². The molecule has 0 fully saturated rings. The summed E-state index contributed by atoms with van der Waals surface area (Å²) in [6.45, 7) is 0. The first-order valence-electron chi connectivity index (χ1n) is 21.5. The summed E-state index contributed by atoms with van der Waals surface area (Å²) >= 11 is 0. The molecule has 10 rings (SSSR count). The summed E-state index contributed by atoms with van der Waals surface area (Å²) in [7, 11) is 0. The van der Waals surface area contributed by atoms with E-state index in [2.05, 4.69) is 83.8 Å². The zero-order chi connectivity index (χ0) is 42.3. The first-order chi connectivity index (χ1) is 29.5. The molecule has 0 aliphatic heterocycles. The molecule has 0 saturated carbocycles. The molecule has 9 aromatic carbocycles.